The lowest BCUT2D eigenvalue weighted by Gasteiger charge is -2.00. The molecule has 11 heteroatoms. The van der Waals surface area contributed by atoms with E-state index in [4.69, 9.17) is 13.4 Å². The van der Waals surface area contributed by atoms with Gasteiger partial charge in [-0.3, -0.25) is 14.9 Å². The Kier molecular flexibility index (Phi) is 20.8. The number of carbonyl (C=O) groups excluding carboxylic acids is 1. The number of hydrogen-bond donors (Lipinski definition) is 0. The van der Waals surface area contributed by atoms with Crippen LogP contribution < -0.4 is 0 Å². The third-order valence-corrected chi connectivity index (χ3v) is 7.75. The standard InChI is InChI=1S/C16H34O5P2.C13H9NO3/c1-3-5-7-9-11-13-15-19-22(17)21-23(18)20-16-14-12-10-8-6-4-2;15-13(10-4-2-1-3-5-10)11-6-8-12(9-7-11)14(16)17/h3-16H2,1-2H3;1-9H/q+2;. The van der Waals surface area contributed by atoms with Gasteiger partial charge in [-0.15, -0.1) is 9.05 Å². The minimum atomic E-state index is -2.34. The van der Waals surface area contributed by atoms with Gasteiger partial charge in [-0.25, -0.2) is 0 Å². The number of unbranched alkanes of at least 4 members (excludes halogenated alkanes) is 10. The predicted octanol–water partition coefficient (Wildman–Crippen LogP) is 9.90. The number of ketones is 1. The number of rotatable bonds is 21. The highest BCUT2D eigenvalue weighted by Crippen LogP contribution is 2.39. The van der Waals surface area contributed by atoms with E-state index in [1.165, 1.54) is 75.6 Å². The average Bonchev–Trinajstić information content (AvgIpc) is 2.96. The summed E-state index contributed by atoms with van der Waals surface area (Å²) in [4.78, 5) is 21.9. The van der Waals surface area contributed by atoms with E-state index in [2.05, 4.69) is 13.8 Å². The van der Waals surface area contributed by atoms with Gasteiger partial charge in [0.15, 0.2) is 10.1 Å². The van der Waals surface area contributed by atoms with Crippen molar-refractivity contribution in [3.63, 3.8) is 0 Å². The number of non-ortho nitro benzene ring substituents is 1. The average molecular weight is 596 g/mol. The van der Waals surface area contributed by atoms with Gasteiger partial charge in [-0.1, -0.05) is 108 Å². The Balaban J connectivity index is 0.000000415. The number of nitro groups is 1. The summed E-state index contributed by atoms with van der Waals surface area (Å²) in [6.07, 6.45) is 13.6. The van der Waals surface area contributed by atoms with Crippen molar-refractivity contribution in [3.8, 4) is 0 Å². The predicted molar refractivity (Wildman–Crippen MR) is 158 cm³/mol. The largest absolute Gasteiger partial charge is 0.747 e. The lowest BCUT2D eigenvalue weighted by molar-refractivity contribution is -0.384. The van der Waals surface area contributed by atoms with Gasteiger partial charge in [-0.2, -0.15) is 0 Å². The zero-order valence-electron chi connectivity index (χ0n) is 23.7. The fourth-order valence-corrected chi connectivity index (χ4v) is 5.00. The van der Waals surface area contributed by atoms with Crippen LogP contribution in [0.25, 0.3) is 0 Å². The maximum atomic E-state index is 12.0. The Morgan fingerprint density at radius 1 is 0.675 bits per heavy atom. The van der Waals surface area contributed by atoms with Gasteiger partial charge >= 0.3 is 16.5 Å². The first kappa shape index (κ1) is 35.6. The van der Waals surface area contributed by atoms with Crippen molar-refractivity contribution >= 4 is 28.0 Å². The van der Waals surface area contributed by atoms with Crippen LogP contribution in [0.15, 0.2) is 54.6 Å². The topological polar surface area (TPSA) is 122 Å². The molecule has 0 bridgehead atoms. The van der Waals surface area contributed by atoms with E-state index in [-0.39, 0.29) is 11.5 Å². The molecule has 0 aliphatic rings. The van der Waals surface area contributed by atoms with Crippen molar-refractivity contribution in [2.75, 3.05) is 13.2 Å². The molecular weight excluding hydrogens is 552 g/mol. The lowest BCUT2D eigenvalue weighted by Crippen LogP contribution is -2.00. The fraction of sp³-hybridized carbons (Fsp3) is 0.552. The molecule has 0 spiro atoms. The molecule has 2 atom stereocenters. The summed E-state index contributed by atoms with van der Waals surface area (Å²) in [5, 5.41) is 10.5. The number of carbonyl (C=O) groups is 1. The molecule has 0 radical (unpaired) electrons. The molecule has 0 aliphatic carbocycles. The van der Waals surface area contributed by atoms with Gasteiger partial charge in [0.05, 0.1) is 4.92 Å². The Labute approximate surface area is 240 Å². The molecule has 220 valence electrons. The molecule has 2 unspecified atom stereocenters. The molecule has 2 aromatic carbocycles. The molecule has 40 heavy (non-hydrogen) atoms. The number of nitrogens with zero attached hydrogens (tertiary/aromatic N) is 1. The normalized spacial score (nSPS) is 11.3. The van der Waals surface area contributed by atoms with Crippen LogP contribution in [-0.2, 0) is 22.5 Å². The van der Waals surface area contributed by atoms with Crippen molar-refractivity contribution in [2.45, 2.75) is 90.9 Å². The van der Waals surface area contributed by atoms with Crippen LogP contribution in [0.1, 0.15) is 107 Å². The summed E-state index contributed by atoms with van der Waals surface area (Å²) < 4.78 is 37.6. The first-order valence-electron chi connectivity index (χ1n) is 14.1. The molecular formula is C29H43NO8P2+2. The van der Waals surface area contributed by atoms with Gasteiger partial charge in [0, 0.05) is 32.4 Å². The van der Waals surface area contributed by atoms with E-state index in [0.717, 1.165) is 25.7 Å². The zero-order valence-corrected chi connectivity index (χ0v) is 25.5. The molecule has 0 saturated carbocycles. The van der Waals surface area contributed by atoms with Crippen LogP contribution in [0, 0.1) is 10.1 Å². The molecule has 2 rings (SSSR count). The molecule has 2 aromatic rings. The summed E-state index contributed by atoms with van der Waals surface area (Å²) in [5.41, 5.74) is 0.998. The molecule has 0 fully saturated rings. The Morgan fingerprint density at radius 3 is 1.55 bits per heavy atom. The second-order valence-electron chi connectivity index (χ2n) is 9.23. The van der Waals surface area contributed by atoms with Crippen molar-refractivity contribution in [3.05, 3.63) is 75.8 Å². The summed E-state index contributed by atoms with van der Waals surface area (Å²) in [7, 11) is -4.68. The smallest absolute Gasteiger partial charge is 0.289 e. The van der Waals surface area contributed by atoms with E-state index < -0.39 is 21.4 Å². The zero-order chi connectivity index (χ0) is 29.4. The van der Waals surface area contributed by atoms with Gasteiger partial charge in [0.2, 0.25) is 0 Å². The maximum Gasteiger partial charge on any atom is 0.747 e. The Morgan fingerprint density at radius 2 is 1.10 bits per heavy atom. The minimum Gasteiger partial charge on any atom is -0.289 e. The number of benzene rings is 2. The summed E-state index contributed by atoms with van der Waals surface area (Å²) in [6.45, 7) is 5.12. The van der Waals surface area contributed by atoms with Crippen LogP contribution >= 0.6 is 16.5 Å². The number of hydrogen-bond acceptors (Lipinski definition) is 8. The van der Waals surface area contributed by atoms with Crippen molar-refractivity contribution in [2.24, 2.45) is 0 Å². The summed E-state index contributed by atoms with van der Waals surface area (Å²) >= 11 is 0. The van der Waals surface area contributed by atoms with E-state index in [1.54, 1.807) is 24.3 Å². The van der Waals surface area contributed by atoms with Gasteiger partial charge in [0.25, 0.3) is 5.69 Å². The highest BCUT2D eigenvalue weighted by atomic mass is 31.2. The Bertz CT molecular complexity index is 975. The first-order valence-corrected chi connectivity index (χ1v) is 16.3. The maximum absolute atomic E-state index is 12.0. The highest BCUT2D eigenvalue weighted by Gasteiger charge is 2.39. The SMILES string of the molecule is CCCCCCCCO[P+](=O)O[P+](=O)OCCCCCCCC.O=C(c1ccccc1)c1ccc([N+](=O)[O-])cc1. The fourth-order valence-electron chi connectivity index (χ4n) is 3.64. The van der Waals surface area contributed by atoms with E-state index in [0.29, 0.717) is 24.3 Å². The van der Waals surface area contributed by atoms with Gasteiger partial charge in [0.1, 0.15) is 13.2 Å². The molecule has 0 N–H and O–H groups in total. The summed E-state index contributed by atoms with van der Waals surface area (Å²) in [6, 6.07) is 14.4. The first-order chi connectivity index (χ1) is 19.4. The van der Waals surface area contributed by atoms with E-state index >= 15 is 0 Å². The second kappa shape index (κ2) is 23.3. The third-order valence-electron chi connectivity index (χ3n) is 5.90. The monoisotopic (exact) mass is 595 g/mol. The van der Waals surface area contributed by atoms with Crippen LogP contribution in [-0.4, -0.2) is 23.9 Å². The summed E-state index contributed by atoms with van der Waals surface area (Å²) in [5.74, 6) is -0.138. The second-order valence-corrected chi connectivity index (χ2v) is 11.3. The van der Waals surface area contributed by atoms with Crippen LogP contribution in [0.3, 0.4) is 0 Å². The molecule has 0 aromatic heterocycles. The van der Waals surface area contributed by atoms with Crippen molar-refractivity contribution in [1.82, 2.24) is 0 Å². The number of nitro benzene ring substituents is 1. The minimum absolute atomic E-state index is 0.0189. The lowest BCUT2D eigenvalue weighted by atomic mass is 10.0. The molecule has 0 saturated heterocycles. The van der Waals surface area contributed by atoms with Gasteiger partial charge < -0.3 is 0 Å². The molecule has 0 amide bonds. The van der Waals surface area contributed by atoms with E-state index in [9.17, 15) is 24.0 Å². The molecule has 0 heterocycles. The third kappa shape index (κ3) is 17.3. The van der Waals surface area contributed by atoms with Crippen LogP contribution in [0.2, 0.25) is 0 Å². The van der Waals surface area contributed by atoms with Crippen LogP contribution in [0.5, 0.6) is 0 Å². The molecule has 0 aliphatic heterocycles. The van der Waals surface area contributed by atoms with E-state index in [1.807, 2.05) is 6.07 Å². The van der Waals surface area contributed by atoms with Gasteiger partial charge in [-0.05, 0) is 25.0 Å². The van der Waals surface area contributed by atoms with Crippen molar-refractivity contribution < 1.29 is 32.2 Å². The highest BCUT2D eigenvalue weighted by molar-refractivity contribution is 7.47. The molecule has 9 nitrogen and oxygen atoms in total. The van der Waals surface area contributed by atoms with Crippen LogP contribution in [0.4, 0.5) is 5.69 Å². The Hall–Kier alpha value is -2.41. The quantitative estimate of drug-likeness (QED) is 0.0459. The van der Waals surface area contributed by atoms with Crippen molar-refractivity contribution in [1.29, 1.82) is 0 Å².